The smallest absolute Gasteiger partial charge is 0.323 e. The first kappa shape index (κ1) is 30.5. The fourth-order valence-electron chi connectivity index (χ4n) is 4.17. The minimum Gasteiger partial charge on any atom is -0.494 e. The van der Waals surface area contributed by atoms with Crippen molar-refractivity contribution in [3.8, 4) is 17.4 Å². The van der Waals surface area contributed by atoms with Crippen molar-refractivity contribution >= 4 is 23.4 Å². The lowest BCUT2D eigenvalue weighted by atomic mass is 9.86. The number of benzene rings is 2. The third kappa shape index (κ3) is 10.2. The lowest BCUT2D eigenvalue weighted by Gasteiger charge is -2.22. The van der Waals surface area contributed by atoms with Gasteiger partial charge in [-0.1, -0.05) is 70.7 Å². The van der Waals surface area contributed by atoms with Crippen LogP contribution in [0.3, 0.4) is 0 Å². The molecule has 3 aromatic rings. The van der Waals surface area contributed by atoms with E-state index >= 15 is 0 Å². The first-order valence-electron chi connectivity index (χ1n) is 13.9. The number of amides is 2. The van der Waals surface area contributed by atoms with Crippen LogP contribution in [0.2, 0.25) is 0 Å². The van der Waals surface area contributed by atoms with Crippen LogP contribution in [0.4, 0.5) is 16.2 Å². The number of rotatable bonds is 14. The number of hydrogen-bond acceptors (Lipinski definition) is 6. The van der Waals surface area contributed by atoms with Gasteiger partial charge in [0.15, 0.2) is 0 Å². The molecule has 2 amide bonds. The second-order valence-corrected chi connectivity index (χ2v) is 10.6. The molecule has 3 rings (SSSR count). The minimum absolute atomic E-state index is 0.115. The molecule has 0 spiro atoms. The van der Waals surface area contributed by atoms with Crippen LogP contribution in [0.25, 0.3) is 0 Å². The van der Waals surface area contributed by atoms with Crippen molar-refractivity contribution in [3.63, 3.8) is 0 Å². The number of ether oxygens (including phenoxy) is 3. The molecule has 0 atom stereocenters. The van der Waals surface area contributed by atoms with Gasteiger partial charge in [-0.15, -0.1) is 0 Å². The number of aromatic nitrogens is 1. The number of pyridine rings is 1. The zero-order valence-corrected chi connectivity index (χ0v) is 24.0. The lowest BCUT2D eigenvalue weighted by Crippen LogP contribution is -2.20. The molecule has 8 heteroatoms. The van der Waals surface area contributed by atoms with Crippen molar-refractivity contribution in [1.82, 2.24) is 4.98 Å². The Morgan fingerprint density at radius 1 is 0.850 bits per heavy atom. The highest BCUT2D eigenvalue weighted by atomic mass is 16.5. The van der Waals surface area contributed by atoms with Gasteiger partial charge < -0.3 is 24.8 Å². The molecule has 0 aliphatic carbocycles. The second kappa shape index (κ2) is 15.5. The topological polar surface area (TPSA) is 98.8 Å². The highest BCUT2D eigenvalue weighted by Crippen LogP contribution is 2.35. The van der Waals surface area contributed by atoms with Gasteiger partial charge in [0.25, 0.3) is 0 Å². The van der Waals surface area contributed by atoms with Crippen molar-refractivity contribution in [2.75, 3.05) is 24.4 Å². The zero-order valence-electron chi connectivity index (χ0n) is 24.0. The van der Waals surface area contributed by atoms with E-state index in [0.29, 0.717) is 41.8 Å². The molecule has 1 heterocycles. The van der Waals surface area contributed by atoms with Gasteiger partial charge in [-0.05, 0) is 48.6 Å². The minimum atomic E-state index is -0.411. The molecule has 0 aliphatic rings. The van der Waals surface area contributed by atoms with Gasteiger partial charge in [0.05, 0.1) is 13.7 Å². The Labute approximate surface area is 237 Å². The summed E-state index contributed by atoms with van der Waals surface area (Å²) in [5, 5.41) is 5.70. The number of carbonyl (C=O) groups excluding carboxylic acids is 2. The SMILES string of the molecule is COC(=O)CCCCCCCCOc1cccc(NC(=O)Nc2cccnc2Oc2ccccc2C(C)(C)C)c1. The van der Waals surface area contributed by atoms with Crippen molar-refractivity contribution in [3.05, 3.63) is 72.4 Å². The Morgan fingerprint density at radius 2 is 1.60 bits per heavy atom. The van der Waals surface area contributed by atoms with E-state index in [9.17, 15) is 9.59 Å². The number of nitrogens with one attached hydrogen (secondary N) is 2. The molecule has 0 aliphatic heterocycles. The molecule has 0 saturated carbocycles. The van der Waals surface area contributed by atoms with Crippen LogP contribution in [0.5, 0.6) is 17.4 Å². The monoisotopic (exact) mass is 547 g/mol. The van der Waals surface area contributed by atoms with Gasteiger partial charge in [0.1, 0.15) is 17.2 Å². The summed E-state index contributed by atoms with van der Waals surface area (Å²) in [6.45, 7) is 6.96. The molecule has 0 radical (unpaired) electrons. The van der Waals surface area contributed by atoms with Crippen molar-refractivity contribution < 1.29 is 23.8 Å². The normalized spacial score (nSPS) is 11.0. The van der Waals surface area contributed by atoms with E-state index in [2.05, 4.69) is 41.1 Å². The number of para-hydroxylation sites is 1. The summed E-state index contributed by atoms with van der Waals surface area (Å²) in [5.41, 5.74) is 2.01. The van der Waals surface area contributed by atoms with Gasteiger partial charge in [0.2, 0.25) is 5.88 Å². The van der Waals surface area contributed by atoms with Crippen LogP contribution >= 0.6 is 0 Å². The molecule has 40 heavy (non-hydrogen) atoms. The van der Waals surface area contributed by atoms with E-state index in [0.717, 1.165) is 44.1 Å². The molecule has 0 unspecified atom stereocenters. The number of esters is 1. The summed E-state index contributed by atoms with van der Waals surface area (Å²) in [4.78, 5) is 28.3. The van der Waals surface area contributed by atoms with Gasteiger partial charge >= 0.3 is 12.0 Å². The Morgan fingerprint density at radius 3 is 2.38 bits per heavy atom. The van der Waals surface area contributed by atoms with Gasteiger partial charge in [0, 0.05) is 29.9 Å². The molecule has 0 fully saturated rings. The first-order valence-corrected chi connectivity index (χ1v) is 13.9. The molecule has 1 aromatic heterocycles. The van der Waals surface area contributed by atoms with Crippen molar-refractivity contribution in [2.45, 2.75) is 71.1 Å². The van der Waals surface area contributed by atoms with Crippen LogP contribution in [0, 0.1) is 0 Å². The maximum absolute atomic E-state index is 12.8. The molecule has 0 bridgehead atoms. The summed E-state index contributed by atoms with van der Waals surface area (Å²) in [6.07, 6.45) is 8.23. The summed E-state index contributed by atoms with van der Waals surface area (Å²) in [5.74, 6) is 1.56. The average molecular weight is 548 g/mol. The molecule has 214 valence electrons. The summed E-state index contributed by atoms with van der Waals surface area (Å²) in [7, 11) is 1.42. The zero-order chi connectivity index (χ0) is 28.8. The summed E-state index contributed by atoms with van der Waals surface area (Å²) < 4.78 is 16.7. The Bertz CT molecular complexity index is 1240. The number of nitrogens with zero attached hydrogens (tertiary/aromatic N) is 1. The van der Waals surface area contributed by atoms with E-state index < -0.39 is 6.03 Å². The van der Waals surface area contributed by atoms with E-state index in [-0.39, 0.29) is 11.4 Å². The molecule has 8 nitrogen and oxygen atoms in total. The van der Waals surface area contributed by atoms with E-state index in [4.69, 9.17) is 9.47 Å². The van der Waals surface area contributed by atoms with Gasteiger partial charge in [-0.2, -0.15) is 0 Å². The number of hydrogen-bond donors (Lipinski definition) is 2. The third-order valence-electron chi connectivity index (χ3n) is 6.28. The molecular weight excluding hydrogens is 506 g/mol. The van der Waals surface area contributed by atoms with Crippen LogP contribution in [0.1, 0.15) is 71.3 Å². The molecule has 0 saturated heterocycles. The lowest BCUT2D eigenvalue weighted by molar-refractivity contribution is -0.140. The van der Waals surface area contributed by atoms with Gasteiger partial charge in [-0.25, -0.2) is 9.78 Å². The quantitative estimate of drug-likeness (QED) is 0.156. The Balaban J connectivity index is 1.47. The summed E-state index contributed by atoms with van der Waals surface area (Å²) >= 11 is 0. The van der Waals surface area contributed by atoms with E-state index in [1.807, 2.05) is 36.4 Å². The maximum Gasteiger partial charge on any atom is 0.323 e. The number of anilines is 2. The highest BCUT2D eigenvalue weighted by molar-refractivity contribution is 6.00. The molecule has 2 N–H and O–H groups in total. The second-order valence-electron chi connectivity index (χ2n) is 10.6. The van der Waals surface area contributed by atoms with Crippen LogP contribution in [0.15, 0.2) is 66.9 Å². The van der Waals surface area contributed by atoms with Crippen molar-refractivity contribution in [2.24, 2.45) is 0 Å². The largest absolute Gasteiger partial charge is 0.494 e. The molecule has 2 aromatic carbocycles. The fourth-order valence-corrected chi connectivity index (χ4v) is 4.17. The van der Waals surface area contributed by atoms with E-state index in [1.165, 1.54) is 7.11 Å². The third-order valence-corrected chi connectivity index (χ3v) is 6.28. The van der Waals surface area contributed by atoms with Crippen LogP contribution in [-0.4, -0.2) is 30.7 Å². The number of carbonyl (C=O) groups is 2. The van der Waals surface area contributed by atoms with Gasteiger partial charge in [-0.3, -0.25) is 4.79 Å². The number of methoxy groups -OCH3 is 1. The van der Waals surface area contributed by atoms with Crippen LogP contribution < -0.4 is 20.1 Å². The predicted octanol–water partition coefficient (Wildman–Crippen LogP) is 8.10. The van der Waals surface area contributed by atoms with Crippen molar-refractivity contribution in [1.29, 1.82) is 0 Å². The van der Waals surface area contributed by atoms with Crippen LogP contribution in [-0.2, 0) is 14.9 Å². The molecular formula is C32H41N3O5. The first-order chi connectivity index (χ1) is 19.3. The Kier molecular flexibility index (Phi) is 11.8. The standard InChI is InChI=1S/C32H41N3O5/c1-32(2,3)26-17-10-11-19-28(26)40-30-27(18-14-21-33-30)35-31(37)34-24-15-13-16-25(23-24)39-22-12-8-6-5-7-9-20-29(36)38-4/h10-11,13-19,21,23H,5-9,12,20,22H2,1-4H3,(H2,34,35,37). The Hall–Kier alpha value is -4.07. The number of unbranched alkanes of at least 4 members (excludes halogenated alkanes) is 5. The average Bonchev–Trinajstić information content (AvgIpc) is 2.93. The number of urea groups is 1. The van der Waals surface area contributed by atoms with E-state index in [1.54, 1.807) is 30.5 Å². The highest BCUT2D eigenvalue weighted by Gasteiger charge is 2.20. The predicted molar refractivity (Wildman–Crippen MR) is 158 cm³/mol. The fraction of sp³-hybridized carbons (Fsp3) is 0.406. The maximum atomic E-state index is 12.8. The summed E-state index contributed by atoms with van der Waals surface area (Å²) in [6, 6.07) is 18.2.